The average Bonchev–Trinajstić information content (AvgIpc) is 3.00. The van der Waals surface area contributed by atoms with Crippen molar-refractivity contribution < 1.29 is 14.3 Å². The SMILES string of the molecule is O=C(OCCCNC(=O)c1cccs1)c1cccc(Cl)c1. The monoisotopic (exact) mass is 323 g/mol. The molecule has 110 valence electrons. The zero-order valence-electron chi connectivity index (χ0n) is 11.2. The highest BCUT2D eigenvalue weighted by atomic mass is 35.5. The minimum Gasteiger partial charge on any atom is -0.462 e. The molecule has 0 radical (unpaired) electrons. The Balaban J connectivity index is 1.66. The Morgan fingerprint density at radius 1 is 1.24 bits per heavy atom. The number of thiophene rings is 1. The largest absolute Gasteiger partial charge is 0.462 e. The number of hydrogen-bond acceptors (Lipinski definition) is 4. The zero-order chi connectivity index (χ0) is 15.1. The van der Waals surface area contributed by atoms with Gasteiger partial charge in [-0.15, -0.1) is 11.3 Å². The fourth-order valence-corrected chi connectivity index (χ4v) is 2.46. The van der Waals surface area contributed by atoms with Crippen LogP contribution < -0.4 is 5.32 Å². The van der Waals surface area contributed by atoms with Gasteiger partial charge in [-0.1, -0.05) is 23.7 Å². The van der Waals surface area contributed by atoms with E-state index in [0.29, 0.717) is 28.4 Å². The average molecular weight is 324 g/mol. The Hall–Kier alpha value is -1.85. The molecule has 1 aromatic heterocycles. The van der Waals surface area contributed by atoms with Crippen LogP contribution in [0.25, 0.3) is 0 Å². The highest BCUT2D eigenvalue weighted by Crippen LogP contribution is 2.11. The summed E-state index contributed by atoms with van der Waals surface area (Å²) in [5, 5.41) is 5.11. The van der Waals surface area contributed by atoms with Gasteiger partial charge in [0, 0.05) is 11.6 Å². The number of esters is 1. The van der Waals surface area contributed by atoms with Crippen LogP contribution in [0.15, 0.2) is 41.8 Å². The summed E-state index contributed by atoms with van der Waals surface area (Å²) in [6, 6.07) is 10.2. The van der Waals surface area contributed by atoms with E-state index in [4.69, 9.17) is 16.3 Å². The summed E-state index contributed by atoms with van der Waals surface area (Å²) < 4.78 is 5.11. The van der Waals surface area contributed by atoms with Crippen molar-refractivity contribution in [1.29, 1.82) is 0 Å². The van der Waals surface area contributed by atoms with Crippen LogP contribution in [0.4, 0.5) is 0 Å². The standard InChI is InChI=1S/C15H14ClNO3S/c16-12-5-1-4-11(10-12)15(19)20-8-3-7-17-14(18)13-6-2-9-21-13/h1-2,4-6,9-10H,3,7-8H2,(H,17,18). The molecule has 0 atom stereocenters. The van der Waals surface area contributed by atoms with Crippen LogP contribution in [-0.2, 0) is 4.74 Å². The van der Waals surface area contributed by atoms with Gasteiger partial charge in [-0.05, 0) is 36.1 Å². The van der Waals surface area contributed by atoms with Gasteiger partial charge < -0.3 is 10.1 Å². The maximum absolute atomic E-state index is 11.7. The molecule has 21 heavy (non-hydrogen) atoms. The van der Waals surface area contributed by atoms with Crippen molar-refractivity contribution in [3.8, 4) is 0 Å². The number of carbonyl (C=O) groups excluding carboxylic acids is 2. The predicted molar refractivity (Wildman–Crippen MR) is 83.0 cm³/mol. The van der Waals surface area contributed by atoms with Crippen LogP contribution in [0.2, 0.25) is 5.02 Å². The van der Waals surface area contributed by atoms with Crippen molar-refractivity contribution in [1.82, 2.24) is 5.32 Å². The fraction of sp³-hybridized carbons (Fsp3) is 0.200. The molecule has 1 heterocycles. The Bertz CT molecular complexity index is 613. The summed E-state index contributed by atoms with van der Waals surface area (Å²) in [7, 11) is 0. The molecule has 4 nitrogen and oxygen atoms in total. The molecule has 2 rings (SSSR count). The van der Waals surface area contributed by atoms with Crippen molar-refractivity contribution in [2.75, 3.05) is 13.2 Å². The lowest BCUT2D eigenvalue weighted by Gasteiger charge is -2.06. The Morgan fingerprint density at radius 2 is 2.10 bits per heavy atom. The van der Waals surface area contributed by atoms with Crippen LogP contribution in [-0.4, -0.2) is 25.0 Å². The number of ether oxygens (including phenoxy) is 1. The normalized spacial score (nSPS) is 10.1. The predicted octanol–water partition coefficient (Wildman–Crippen LogP) is 3.38. The van der Waals surface area contributed by atoms with Crippen molar-refractivity contribution in [3.63, 3.8) is 0 Å². The molecule has 0 bridgehead atoms. The van der Waals surface area contributed by atoms with Gasteiger partial charge >= 0.3 is 5.97 Å². The molecule has 0 saturated heterocycles. The Labute approximate surface area is 131 Å². The quantitative estimate of drug-likeness (QED) is 0.655. The van der Waals surface area contributed by atoms with Crippen molar-refractivity contribution >= 4 is 34.8 Å². The molecule has 1 aromatic carbocycles. The third kappa shape index (κ3) is 4.88. The molecule has 0 spiro atoms. The molecule has 0 aliphatic carbocycles. The molecule has 0 fully saturated rings. The number of hydrogen-bond donors (Lipinski definition) is 1. The van der Waals surface area contributed by atoms with E-state index in [1.54, 1.807) is 30.3 Å². The second-order valence-electron chi connectivity index (χ2n) is 4.23. The maximum Gasteiger partial charge on any atom is 0.338 e. The van der Waals surface area contributed by atoms with E-state index in [1.807, 2.05) is 11.4 Å². The minimum absolute atomic E-state index is 0.105. The third-order valence-electron chi connectivity index (χ3n) is 2.65. The molecular weight excluding hydrogens is 310 g/mol. The van der Waals surface area contributed by atoms with Crippen LogP contribution >= 0.6 is 22.9 Å². The second-order valence-corrected chi connectivity index (χ2v) is 5.62. The third-order valence-corrected chi connectivity index (χ3v) is 3.75. The molecule has 0 aliphatic rings. The van der Waals surface area contributed by atoms with Gasteiger partial charge in [0.2, 0.25) is 0 Å². The lowest BCUT2D eigenvalue weighted by molar-refractivity contribution is 0.0501. The number of benzene rings is 1. The van der Waals surface area contributed by atoms with Gasteiger partial charge in [-0.25, -0.2) is 4.79 Å². The number of halogens is 1. The van der Waals surface area contributed by atoms with Crippen molar-refractivity contribution in [2.45, 2.75) is 6.42 Å². The molecule has 0 saturated carbocycles. The maximum atomic E-state index is 11.7. The van der Waals surface area contributed by atoms with Crippen molar-refractivity contribution in [3.05, 3.63) is 57.2 Å². The Morgan fingerprint density at radius 3 is 2.81 bits per heavy atom. The van der Waals surface area contributed by atoms with Crippen LogP contribution in [0, 0.1) is 0 Å². The van der Waals surface area contributed by atoms with E-state index in [9.17, 15) is 9.59 Å². The molecule has 6 heteroatoms. The van der Waals surface area contributed by atoms with Gasteiger partial charge in [0.25, 0.3) is 5.91 Å². The second kappa shape index (κ2) is 7.81. The minimum atomic E-state index is -0.415. The number of rotatable bonds is 6. The van der Waals surface area contributed by atoms with Crippen LogP contribution in [0.5, 0.6) is 0 Å². The summed E-state index contributed by atoms with van der Waals surface area (Å²) in [6.45, 7) is 0.704. The van der Waals surface area contributed by atoms with Crippen LogP contribution in [0.3, 0.4) is 0 Å². The van der Waals surface area contributed by atoms with Gasteiger partial charge in [-0.2, -0.15) is 0 Å². The first-order valence-corrected chi connectivity index (χ1v) is 7.67. The van der Waals surface area contributed by atoms with Gasteiger partial charge in [0.05, 0.1) is 17.0 Å². The van der Waals surface area contributed by atoms with E-state index in [2.05, 4.69) is 5.32 Å². The first-order chi connectivity index (χ1) is 10.2. The first kappa shape index (κ1) is 15.5. The van der Waals surface area contributed by atoms with Gasteiger partial charge in [0.1, 0.15) is 0 Å². The smallest absolute Gasteiger partial charge is 0.338 e. The van der Waals surface area contributed by atoms with E-state index < -0.39 is 5.97 Å². The van der Waals surface area contributed by atoms with Crippen molar-refractivity contribution in [2.24, 2.45) is 0 Å². The lowest BCUT2D eigenvalue weighted by Crippen LogP contribution is -2.24. The molecule has 0 unspecified atom stereocenters. The number of amides is 1. The summed E-state index contributed by atoms with van der Waals surface area (Å²) >= 11 is 7.19. The summed E-state index contributed by atoms with van der Waals surface area (Å²) in [4.78, 5) is 24.0. The highest BCUT2D eigenvalue weighted by molar-refractivity contribution is 7.12. The molecule has 1 amide bonds. The molecule has 1 N–H and O–H groups in total. The van der Waals surface area contributed by atoms with E-state index in [1.165, 1.54) is 11.3 Å². The van der Waals surface area contributed by atoms with E-state index in [-0.39, 0.29) is 12.5 Å². The highest BCUT2D eigenvalue weighted by Gasteiger charge is 2.08. The Kier molecular flexibility index (Phi) is 5.78. The van der Waals surface area contributed by atoms with Gasteiger partial charge in [0.15, 0.2) is 0 Å². The van der Waals surface area contributed by atoms with E-state index in [0.717, 1.165) is 0 Å². The first-order valence-electron chi connectivity index (χ1n) is 6.41. The number of carbonyl (C=O) groups is 2. The molecule has 0 aliphatic heterocycles. The number of nitrogens with one attached hydrogen (secondary N) is 1. The van der Waals surface area contributed by atoms with Gasteiger partial charge in [-0.3, -0.25) is 4.79 Å². The summed E-state index contributed by atoms with van der Waals surface area (Å²) in [6.07, 6.45) is 0.559. The molecule has 2 aromatic rings. The van der Waals surface area contributed by atoms with Crippen LogP contribution in [0.1, 0.15) is 26.5 Å². The molecular formula is C15H14ClNO3S. The summed E-state index contributed by atoms with van der Waals surface area (Å²) in [5.41, 5.74) is 0.421. The zero-order valence-corrected chi connectivity index (χ0v) is 12.7. The lowest BCUT2D eigenvalue weighted by atomic mass is 10.2. The topological polar surface area (TPSA) is 55.4 Å². The van der Waals surface area contributed by atoms with E-state index >= 15 is 0 Å². The summed E-state index contributed by atoms with van der Waals surface area (Å²) in [5.74, 6) is -0.520. The fourth-order valence-electron chi connectivity index (χ4n) is 1.63.